The van der Waals surface area contributed by atoms with Crippen LogP contribution in [0.4, 0.5) is 0 Å². The molecule has 0 heterocycles. The van der Waals surface area contributed by atoms with Crippen LogP contribution in [0.3, 0.4) is 0 Å². The summed E-state index contributed by atoms with van der Waals surface area (Å²) >= 11 is -2.01. The van der Waals surface area contributed by atoms with Crippen LogP contribution in [0.2, 0.25) is 0 Å². The molecule has 1 unspecified atom stereocenters. The van der Waals surface area contributed by atoms with Gasteiger partial charge in [0.1, 0.15) is 10.6 Å². The normalized spacial score (nSPS) is 13.6. The number of rotatable bonds is 3. The Balaban J connectivity index is 3.23. The number of hydrogen-bond donors (Lipinski definition) is 1. The zero-order chi connectivity index (χ0) is 12.3. The van der Waals surface area contributed by atoms with Gasteiger partial charge in [0, 0.05) is 0 Å². The molecular weight excluding hydrogens is 224 g/mol. The van der Waals surface area contributed by atoms with Gasteiger partial charge < -0.3 is 9.29 Å². The molecule has 0 aliphatic heterocycles. The summed E-state index contributed by atoms with van der Waals surface area (Å²) in [6.07, 6.45) is 0. The quantitative estimate of drug-likeness (QED) is 0.829. The summed E-state index contributed by atoms with van der Waals surface area (Å²) in [5.41, 5.74) is 0.979. The third-order valence-electron chi connectivity index (χ3n) is 2.30. The van der Waals surface area contributed by atoms with Gasteiger partial charge in [0.2, 0.25) is 0 Å². The van der Waals surface area contributed by atoms with Crippen molar-refractivity contribution < 1.29 is 13.5 Å². The lowest BCUT2D eigenvalue weighted by Gasteiger charge is -2.20. The minimum absolute atomic E-state index is 0.0428. The molecule has 0 saturated heterocycles. The first-order chi connectivity index (χ1) is 7.36. The molecular formula is C12H18O3S. The molecule has 3 nitrogen and oxygen atoms in total. The highest BCUT2D eigenvalue weighted by Gasteiger charge is 2.18. The molecule has 1 aromatic rings. The smallest absolute Gasteiger partial charge is 0.190 e. The van der Waals surface area contributed by atoms with Crippen molar-refractivity contribution in [2.75, 3.05) is 6.61 Å². The van der Waals surface area contributed by atoms with Crippen molar-refractivity contribution in [3.63, 3.8) is 0 Å². The van der Waals surface area contributed by atoms with E-state index in [0.29, 0.717) is 17.3 Å². The maximum Gasteiger partial charge on any atom is 0.190 e. The van der Waals surface area contributed by atoms with Crippen LogP contribution in [0.1, 0.15) is 33.3 Å². The molecule has 0 aromatic heterocycles. The van der Waals surface area contributed by atoms with E-state index in [1.807, 2.05) is 13.0 Å². The number of hydrogen-bond acceptors (Lipinski definition) is 2. The molecule has 90 valence electrons. The Bertz CT molecular complexity index is 394. The molecule has 0 aliphatic carbocycles. The van der Waals surface area contributed by atoms with Crippen LogP contribution in [-0.2, 0) is 16.5 Å². The largest absolute Gasteiger partial charge is 0.493 e. The fourth-order valence-corrected chi connectivity index (χ4v) is 1.91. The van der Waals surface area contributed by atoms with Gasteiger partial charge in [-0.15, -0.1) is 0 Å². The topological polar surface area (TPSA) is 46.5 Å². The van der Waals surface area contributed by atoms with Crippen molar-refractivity contribution >= 4 is 11.1 Å². The van der Waals surface area contributed by atoms with E-state index in [-0.39, 0.29) is 5.41 Å². The summed E-state index contributed by atoms with van der Waals surface area (Å²) in [6, 6.07) is 5.43. The lowest BCUT2D eigenvalue weighted by atomic mass is 9.87. The van der Waals surface area contributed by atoms with Gasteiger partial charge in [-0.1, -0.05) is 26.8 Å². The standard InChI is InChI=1S/C12H18O3S/c1-5-15-10-7-6-9(12(2,3)4)8-11(10)16(13)14/h6-8H,5H2,1-4H3,(H,13,14). The second-order valence-corrected chi connectivity index (χ2v) is 5.53. The summed E-state index contributed by atoms with van der Waals surface area (Å²) in [5.74, 6) is 0.483. The Labute approximate surface area is 99.1 Å². The SMILES string of the molecule is CCOc1ccc(C(C)(C)C)cc1S(=O)O. The van der Waals surface area contributed by atoms with Crippen LogP contribution in [0.15, 0.2) is 23.1 Å². The third kappa shape index (κ3) is 3.06. The molecule has 0 radical (unpaired) electrons. The van der Waals surface area contributed by atoms with Gasteiger partial charge in [0.25, 0.3) is 0 Å². The van der Waals surface area contributed by atoms with Crippen LogP contribution in [0.25, 0.3) is 0 Å². The molecule has 16 heavy (non-hydrogen) atoms. The summed E-state index contributed by atoms with van der Waals surface area (Å²) in [7, 11) is 0. The van der Waals surface area contributed by atoms with E-state index in [9.17, 15) is 8.76 Å². The van der Waals surface area contributed by atoms with E-state index >= 15 is 0 Å². The molecule has 1 rings (SSSR count). The van der Waals surface area contributed by atoms with Crippen molar-refractivity contribution in [3.05, 3.63) is 23.8 Å². The van der Waals surface area contributed by atoms with Crippen LogP contribution in [0.5, 0.6) is 5.75 Å². The Morgan fingerprint density at radius 2 is 2.00 bits per heavy atom. The van der Waals surface area contributed by atoms with Crippen molar-refractivity contribution in [1.82, 2.24) is 0 Å². The van der Waals surface area contributed by atoms with E-state index < -0.39 is 11.1 Å². The Morgan fingerprint density at radius 1 is 1.38 bits per heavy atom. The summed E-state index contributed by atoms with van der Waals surface area (Å²) < 4.78 is 25.7. The maximum atomic E-state index is 11.2. The van der Waals surface area contributed by atoms with Crippen molar-refractivity contribution in [2.24, 2.45) is 0 Å². The molecule has 1 atom stereocenters. The Kier molecular flexibility index (Phi) is 4.10. The van der Waals surface area contributed by atoms with Gasteiger partial charge in [0.05, 0.1) is 6.61 Å². The zero-order valence-electron chi connectivity index (χ0n) is 10.1. The lowest BCUT2D eigenvalue weighted by Crippen LogP contribution is -2.12. The van der Waals surface area contributed by atoms with Crippen LogP contribution in [0, 0.1) is 0 Å². The first-order valence-corrected chi connectivity index (χ1v) is 6.35. The fraction of sp³-hybridized carbons (Fsp3) is 0.500. The van der Waals surface area contributed by atoms with Gasteiger partial charge in [-0.05, 0) is 30.0 Å². The van der Waals surface area contributed by atoms with Crippen LogP contribution in [-0.4, -0.2) is 15.4 Å². The second kappa shape index (κ2) is 4.97. The highest BCUT2D eigenvalue weighted by Crippen LogP contribution is 2.29. The average molecular weight is 242 g/mol. The molecule has 0 fully saturated rings. The minimum Gasteiger partial charge on any atom is -0.493 e. The first kappa shape index (κ1) is 13.2. The maximum absolute atomic E-state index is 11.2. The van der Waals surface area contributed by atoms with E-state index in [1.54, 1.807) is 12.1 Å². The highest BCUT2D eigenvalue weighted by molar-refractivity contribution is 7.79. The van der Waals surface area contributed by atoms with E-state index in [0.717, 1.165) is 5.56 Å². The average Bonchev–Trinajstić information content (AvgIpc) is 2.16. The van der Waals surface area contributed by atoms with Gasteiger partial charge in [0.15, 0.2) is 11.1 Å². The van der Waals surface area contributed by atoms with E-state index in [4.69, 9.17) is 4.74 Å². The Morgan fingerprint density at radius 3 is 2.44 bits per heavy atom. The first-order valence-electron chi connectivity index (χ1n) is 5.24. The van der Waals surface area contributed by atoms with Gasteiger partial charge in [-0.3, -0.25) is 0 Å². The third-order valence-corrected chi connectivity index (χ3v) is 2.99. The predicted molar refractivity (Wildman–Crippen MR) is 65.3 cm³/mol. The monoisotopic (exact) mass is 242 g/mol. The molecule has 0 bridgehead atoms. The molecule has 0 aliphatic rings. The zero-order valence-corrected chi connectivity index (χ0v) is 10.9. The Hall–Kier alpha value is -0.870. The van der Waals surface area contributed by atoms with Crippen molar-refractivity contribution in [1.29, 1.82) is 0 Å². The van der Waals surface area contributed by atoms with E-state index in [1.165, 1.54) is 0 Å². The number of ether oxygens (including phenoxy) is 1. The molecule has 1 aromatic carbocycles. The van der Waals surface area contributed by atoms with E-state index in [2.05, 4.69) is 20.8 Å². The summed E-state index contributed by atoms with van der Waals surface area (Å²) in [5, 5.41) is 0. The molecule has 0 amide bonds. The van der Waals surface area contributed by atoms with Crippen LogP contribution < -0.4 is 4.74 Å². The molecule has 4 heteroatoms. The summed E-state index contributed by atoms with van der Waals surface area (Å²) in [6.45, 7) is 8.52. The second-order valence-electron chi connectivity index (χ2n) is 4.59. The van der Waals surface area contributed by atoms with Crippen LogP contribution >= 0.6 is 0 Å². The number of benzene rings is 1. The van der Waals surface area contributed by atoms with Gasteiger partial charge in [-0.25, -0.2) is 4.21 Å². The lowest BCUT2D eigenvalue weighted by molar-refractivity contribution is 0.330. The van der Waals surface area contributed by atoms with Crippen molar-refractivity contribution in [3.8, 4) is 5.75 Å². The minimum atomic E-state index is -2.01. The molecule has 1 N–H and O–H groups in total. The van der Waals surface area contributed by atoms with Crippen molar-refractivity contribution in [2.45, 2.75) is 38.0 Å². The fourth-order valence-electron chi connectivity index (χ4n) is 1.39. The van der Waals surface area contributed by atoms with Gasteiger partial charge >= 0.3 is 0 Å². The van der Waals surface area contributed by atoms with Gasteiger partial charge in [-0.2, -0.15) is 0 Å². The molecule has 0 saturated carbocycles. The predicted octanol–water partition coefficient (Wildman–Crippen LogP) is 2.96. The highest BCUT2D eigenvalue weighted by atomic mass is 32.2. The molecule has 0 spiro atoms. The summed E-state index contributed by atoms with van der Waals surface area (Å²) in [4.78, 5) is 0.342.